The molecule has 0 fully saturated rings. The van der Waals surface area contributed by atoms with Gasteiger partial charge in [0.05, 0.1) is 11.6 Å². The Morgan fingerprint density at radius 1 is 1.75 bits per heavy atom. The number of halogens is 1. The summed E-state index contributed by atoms with van der Waals surface area (Å²) in [5.74, 6) is 0. The molecule has 68 valence electrons. The molecule has 1 rings (SSSR count). The fraction of sp³-hybridized carbons (Fsp3) is 0.500. The van der Waals surface area contributed by atoms with Gasteiger partial charge in [-0.05, 0) is 18.4 Å². The molecule has 4 heteroatoms. The summed E-state index contributed by atoms with van der Waals surface area (Å²) in [5.41, 5.74) is 0. The van der Waals surface area contributed by atoms with Gasteiger partial charge in [0, 0.05) is 17.5 Å². The van der Waals surface area contributed by atoms with Crippen LogP contribution in [0.1, 0.15) is 11.8 Å². The van der Waals surface area contributed by atoms with Crippen LogP contribution in [-0.2, 0) is 6.54 Å². The lowest BCUT2D eigenvalue weighted by molar-refractivity contribution is 0.251. The highest BCUT2D eigenvalue weighted by atomic mass is 35.5. The van der Waals surface area contributed by atoms with Gasteiger partial charge in [-0.1, -0.05) is 11.6 Å². The molecule has 1 aromatic rings. The summed E-state index contributed by atoms with van der Waals surface area (Å²) in [6, 6.07) is 2.01. The van der Waals surface area contributed by atoms with E-state index in [2.05, 4.69) is 5.32 Å². The fourth-order valence-corrected chi connectivity index (χ4v) is 1.84. The van der Waals surface area contributed by atoms with Gasteiger partial charge in [-0.25, -0.2) is 0 Å². The van der Waals surface area contributed by atoms with Crippen molar-refractivity contribution in [3.8, 4) is 0 Å². The van der Waals surface area contributed by atoms with E-state index in [1.165, 1.54) is 0 Å². The van der Waals surface area contributed by atoms with E-state index in [9.17, 15) is 0 Å². The average Bonchev–Trinajstić information content (AvgIpc) is 2.47. The van der Waals surface area contributed by atoms with Crippen LogP contribution in [-0.4, -0.2) is 17.8 Å². The Balaban J connectivity index is 2.38. The van der Waals surface area contributed by atoms with Crippen molar-refractivity contribution in [2.24, 2.45) is 0 Å². The Kier molecular flexibility index (Phi) is 4.01. The van der Waals surface area contributed by atoms with Crippen molar-refractivity contribution in [1.29, 1.82) is 0 Å². The number of thiophene rings is 1. The van der Waals surface area contributed by atoms with E-state index in [1.54, 1.807) is 11.3 Å². The minimum absolute atomic E-state index is 0.128. The molecular weight excluding hydrogens is 194 g/mol. The van der Waals surface area contributed by atoms with E-state index < -0.39 is 0 Å². The van der Waals surface area contributed by atoms with Crippen molar-refractivity contribution in [2.45, 2.75) is 19.5 Å². The topological polar surface area (TPSA) is 32.3 Å². The largest absolute Gasteiger partial charge is 0.395 e. The third kappa shape index (κ3) is 2.75. The molecule has 0 saturated carbocycles. The maximum Gasteiger partial charge on any atom is 0.0582 e. The summed E-state index contributed by atoms with van der Waals surface area (Å²) < 4.78 is 0. The zero-order chi connectivity index (χ0) is 8.97. The monoisotopic (exact) mass is 205 g/mol. The lowest BCUT2D eigenvalue weighted by Gasteiger charge is -2.08. The Labute approximate surface area is 81.2 Å². The van der Waals surface area contributed by atoms with Gasteiger partial charge in [-0.15, -0.1) is 11.3 Å². The predicted octanol–water partition coefficient (Wildman–Crippen LogP) is 1.87. The van der Waals surface area contributed by atoms with Crippen LogP contribution in [0.15, 0.2) is 11.4 Å². The quantitative estimate of drug-likeness (QED) is 0.787. The van der Waals surface area contributed by atoms with E-state index in [4.69, 9.17) is 16.7 Å². The van der Waals surface area contributed by atoms with Crippen molar-refractivity contribution in [3.63, 3.8) is 0 Å². The lowest BCUT2D eigenvalue weighted by Crippen LogP contribution is -2.28. The molecule has 0 aliphatic carbocycles. The number of nitrogens with one attached hydrogen (secondary N) is 1. The fourth-order valence-electron chi connectivity index (χ4n) is 0.783. The first-order valence-corrected chi connectivity index (χ1v) is 5.06. The highest BCUT2D eigenvalue weighted by Gasteiger charge is 2.03. The number of hydrogen-bond acceptors (Lipinski definition) is 3. The van der Waals surface area contributed by atoms with Crippen LogP contribution in [0.4, 0.5) is 0 Å². The molecule has 0 aliphatic heterocycles. The second-order valence-corrected chi connectivity index (χ2v) is 4.06. The average molecular weight is 206 g/mol. The Morgan fingerprint density at radius 3 is 3.00 bits per heavy atom. The smallest absolute Gasteiger partial charge is 0.0582 e. The summed E-state index contributed by atoms with van der Waals surface area (Å²) in [6.07, 6.45) is 0. The van der Waals surface area contributed by atoms with E-state index in [1.807, 2.05) is 18.4 Å². The van der Waals surface area contributed by atoms with Gasteiger partial charge in [0.25, 0.3) is 0 Å². The third-order valence-corrected chi connectivity index (χ3v) is 2.96. The van der Waals surface area contributed by atoms with Crippen LogP contribution in [0.5, 0.6) is 0 Å². The number of hydrogen-bond donors (Lipinski definition) is 2. The van der Waals surface area contributed by atoms with Crippen molar-refractivity contribution < 1.29 is 5.11 Å². The van der Waals surface area contributed by atoms with E-state index in [0.29, 0.717) is 0 Å². The molecule has 1 aromatic heterocycles. The molecule has 0 saturated heterocycles. The molecular formula is C8H12ClNOS. The number of aliphatic hydroxyl groups excluding tert-OH is 1. The van der Waals surface area contributed by atoms with Gasteiger partial charge in [-0.3, -0.25) is 0 Å². The molecule has 0 amide bonds. The zero-order valence-corrected chi connectivity index (χ0v) is 8.45. The highest BCUT2D eigenvalue weighted by molar-refractivity contribution is 7.10. The van der Waals surface area contributed by atoms with Crippen LogP contribution in [0.2, 0.25) is 5.02 Å². The van der Waals surface area contributed by atoms with Crippen LogP contribution in [0.3, 0.4) is 0 Å². The molecule has 1 unspecified atom stereocenters. The Bertz CT molecular complexity index is 239. The standard InChI is InChI=1S/C8H12ClNOS/c1-6(5-11)10-4-8-7(9)2-3-12-8/h2-3,6,10-11H,4-5H2,1H3. The van der Waals surface area contributed by atoms with Gasteiger partial charge < -0.3 is 10.4 Å². The van der Waals surface area contributed by atoms with Gasteiger partial charge in [-0.2, -0.15) is 0 Å². The van der Waals surface area contributed by atoms with Crippen LogP contribution in [0, 0.1) is 0 Å². The number of rotatable bonds is 4. The Hall–Kier alpha value is -0.0900. The third-order valence-electron chi connectivity index (χ3n) is 1.58. The first-order valence-electron chi connectivity index (χ1n) is 3.80. The molecule has 2 N–H and O–H groups in total. The molecule has 0 spiro atoms. The van der Waals surface area contributed by atoms with Crippen molar-refractivity contribution >= 4 is 22.9 Å². The number of aliphatic hydroxyl groups is 1. The molecule has 0 radical (unpaired) electrons. The SMILES string of the molecule is CC(CO)NCc1sccc1Cl. The van der Waals surface area contributed by atoms with Crippen LogP contribution in [0.25, 0.3) is 0 Å². The molecule has 2 nitrogen and oxygen atoms in total. The van der Waals surface area contributed by atoms with Crippen molar-refractivity contribution in [1.82, 2.24) is 5.32 Å². The van der Waals surface area contributed by atoms with E-state index in [0.717, 1.165) is 16.4 Å². The molecule has 0 bridgehead atoms. The van der Waals surface area contributed by atoms with E-state index in [-0.39, 0.29) is 12.6 Å². The second-order valence-electron chi connectivity index (χ2n) is 2.66. The molecule has 12 heavy (non-hydrogen) atoms. The van der Waals surface area contributed by atoms with Crippen molar-refractivity contribution in [3.05, 3.63) is 21.3 Å². The lowest BCUT2D eigenvalue weighted by atomic mass is 10.3. The van der Waals surface area contributed by atoms with Gasteiger partial charge >= 0.3 is 0 Å². The summed E-state index contributed by atoms with van der Waals surface area (Å²) in [4.78, 5) is 1.12. The highest BCUT2D eigenvalue weighted by Crippen LogP contribution is 2.21. The van der Waals surface area contributed by atoms with E-state index >= 15 is 0 Å². The molecule has 0 aliphatic rings. The maximum atomic E-state index is 8.74. The summed E-state index contributed by atoms with van der Waals surface area (Å²) in [7, 11) is 0. The summed E-state index contributed by atoms with van der Waals surface area (Å²) >= 11 is 7.50. The first kappa shape index (κ1) is 9.99. The van der Waals surface area contributed by atoms with Gasteiger partial charge in [0.15, 0.2) is 0 Å². The molecule has 0 aromatic carbocycles. The zero-order valence-electron chi connectivity index (χ0n) is 6.88. The minimum atomic E-state index is 0.128. The normalized spacial score (nSPS) is 13.2. The summed E-state index contributed by atoms with van der Waals surface area (Å²) in [6.45, 7) is 2.82. The second kappa shape index (κ2) is 4.82. The van der Waals surface area contributed by atoms with Crippen LogP contribution < -0.4 is 5.32 Å². The summed E-state index contributed by atoms with van der Waals surface area (Å²) in [5, 5.41) is 14.7. The van der Waals surface area contributed by atoms with Gasteiger partial charge in [0.1, 0.15) is 0 Å². The minimum Gasteiger partial charge on any atom is -0.395 e. The Morgan fingerprint density at radius 2 is 2.50 bits per heavy atom. The molecule has 1 atom stereocenters. The molecule has 1 heterocycles. The predicted molar refractivity (Wildman–Crippen MR) is 52.7 cm³/mol. The van der Waals surface area contributed by atoms with Crippen molar-refractivity contribution in [2.75, 3.05) is 6.61 Å². The maximum absolute atomic E-state index is 8.74. The van der Waals surface area contributed by atoms with Crippen LogP contribution >= 0.6 is 22.9 Å². The first-order chi connectivity index (χ1) is 5.74. The van der Waals surface area contributed by atoms with Gasteiger partial charge in [0.2, 0.25) is 0 Å².